The molecule has 142 valence electrons. The quantitative estimate of drug-likeness (QED) is 0.831. The Balaban J connectivity index is 1.84. The summed E-state index contributed by atoms with van der Waals surface area (Å²) in [6, 6.07) is 15.7. The highest BCUT2D eigenvalue weighted by molar-refractivity contribution is 5.81. The maximum atomic E-state index is 12.8. The van der Waals surface area contributed by atoms with Crippen molar-refractivity contribution in [2.75, 3.05) is 13.1 Å². The van der Waals surface area contributed by atoms with Crippen LogP contribution >= 0.6 is 0 Å². The van der Waals surface area contributed by atoms with E-state index in [1.54, 1.807) is 0 Å². The Morgan fingerprint density at radius 1 is 1.00 bits per heavy atom. The molecule has 1 N–H and O–H groups in total. The summed E-state index contributed by atoms with van der Waals surface area (Å²) >= 11 is 0. The first-order chi connectivity index (χ1) is 12.8. The molecular formula is C22H25NO4. The van der Waals surface area contributed by atoms with E-state index in [1.807, 2.05) is 48.5 Å². The number of hydrogen-bond donors (Lipinski definition) is 1. The molecule has 5 nitrogen and oxygen atoms in total. The van der Waals surface area contributed by atoms with Crippen molar-refractivity contribution in [2.24, 2.45) is 5.41 Å². The lowest BCUT2D eigenvalue weighted by molar-refractivity contribution is -0.138. The molecule has 0 aromatic heterocycles. The first-order valence-corrected chi connectivity index (χ1v) is 9.12. The minimum atomic E-state index is -1.05. The molecule has 3 rings (SSSR count). The van der Waals surface area contributed by atoms with Gasteiger partial charge in [-0.3, -0.25) is 9.69 Å². The van der Waals surface area contributed by atoms with Crippen LogP contribution in [0.15, 0.2) is 48.5 Å². The molecular weight excluding hydrogens is 342 g/mol. The summed E-state index contributed by atoms with van der Waals surface area (Å²) in [4.78, 5) is 25.3. The molecule has 0 atom stereocenters. The van der Waals surface area contributed by atoms with Crippen molar-refractivity contribution in [3.8, 4) is 11.1 Å². The minimum absolute atomic E-state index is 0.0103. The van der Waals surface area contributed by atoms with Crippen LogP contribution in [0.1, 0.15) is 44.4 Å². The molecule has 5 heteroatoms. The molecule has 2 aromatic rings. The van der Waals surface area contributed by atoms with Crippen molar-refractivity contribution < 1.29 is 19.4 Å². The van der Waals surface area contributed by atoms with Gasteiger partial charge in [0.25, 0.3) is 0 Å². The molecule has 2 aromatic carbocycles. The van der Waals surface area contributed by atoms with E-state index in [2.05, 4.69) is 20.8 Å². The molecule has 0 spiro atoms. The number of aliphatic carboxylic acids is 1. The van der Waals surface area contributed by atoms with E-state index in [0.29, 0.717) is 13.0 Å². The Hall–Kier alpha value is -2.82. The Kier molecular flexibility index (Phi) is 5.22. The second-order valence-corrected chi connectivity index (χ2v) is 8.06. The van der Waals surface area contributed by atoms with Crippen LogP contribution in [-0.4, -0.2) is 35.2 Å². The van der Waals surface area contributed by atoms with E-state index in [9.17, 15) is 14.7 Å². The maximum Gasteiger partial charge on any atom is 0.411 e. The number of benzene rings is 2. The molecule has 0 radical (unpaired) electrons. The first kappa shape index (κ1) is 19.0. The van der Waals surface area contributed by atoms with Crippen molar-refractivity contribution in [1.29, 1.82) is 0 Å². The number of carbonyl (C=O) groups excluding carboxylic acids is 1. The van der Waals surface area contributed by atoms with Crippen molar-refractivity contribution in [3.63, 3.8) is 0 Å². The third kappa shape index (κ3) is 4.30. The highest BCUT2D eigenvalue weighted by Crippen LogP contribution is 2.45. The third-order valence-corrected chi connectivity index (χ3v) is 4.71. The fourth-order valence-corrected chi connectivity index (χ4v) is 3.28. The fourth-order valence-electron chi connectivity index (χ4n) is 3.28. The van der Waals surface area contributed by atoms with Crippen LogP contribution in [0.2, 0.25) is 0 Å². The Morgan fingerprint density at radius 3 is 2.00 bits per heavy atom. The summed E-state index contributed by atoms with van der Waals surface area (Å²) in [5, 5.41) is 9.19. The molecule has 0 heterocycles. The predicted octanol–water partition coefficient (Wildman–Crippen LogP) is 4.72. The summed E-state index contributed by atoms with van der Waals surface area (Å²) in [5.74, 6) is -1.05. The summed E-state index contributed by atoms with van der Waals surface area (Å²) in [6.07, 6.45) is -0.429. The zero-order chi connectivity index (χ0) is 19.6. The van der Waals surface area contributed by atoms with Gasteiger partial charge in [-0.1, -0.05) is 69.3 Å². The van der Waals surface area contributed by atoms with Gasteiger partial charge in [0, 0.05) is 17.7 Å². The number of fused-ring (bicyclic) bond motifs is 3. The second kappa shape index (κ2) is 7.43. The highest BCUT2D eigenvalue weighted by Gasteiger charge is 2.33. The van der Waals surface area contributed by atoms with Gasteiger partial charge in [0.2, 0.25) is 0 Å². The van der Waals surface area contributed by atoms with Gasteiger partial charge in [-0.2, -0.15) is 0 Å². The molecule has 0 saturated heterocycles. The zero-order valence-electron chi connectivity index (χ0n) is 15.9. The smallest absolute Gasteiger partial charge is 0.411 e. The number of rotatable bonds is 5. The minimum Gasteiger partial charge on any atom is -0.480 e. The number of ether oxygens (including phenoxy) is 1. The second-order valence-electron chi connectivity index (χ2n) is 8.06. The van der Waals surface area contributed by atoms with Gasteiger partial charge >= 0.3 is 12.1 Å². The number of nitrogens with zero attached hydrogens (tertiary/aromatic N) is 1. The van der Waals surface area contributed by atoms with Crippen LogP contribution in [0.5, 0.6) is 0 Å². The number of amides is 1. The molecule has 0 fully saturated rings. The van der Waals surface area contributed by atoms with E-state index in [1.165, 1.54) is 4.90 Å². The van der Waals surface area contributed by atoms with Crippen molar-refractivity contribution in [1.82, 2.24) is 4.90 Å². The van der Waals surface area contributed by atoms with Crippen LogP contribution in [0.25, 0.3) is 11.1 Å². The molecule has 1 aliphatic rings. The Labute approximate surface area is 159 Å². The monoisotopic (exact) mass is 367 g/mol. The zero-order valence-corrected chi connectivity index (χ0v) is 15.9. The van der Waals surface area contributed by atoms with E-state index >= 15 is 0 Å². The average Bonchev–Trinajstić information content (AvgIpc) is 2.92. The Morgan fingerprint density at radius 2 is 1.52 bits per heavy atom. The normalized spacial score (nSPS) is 13.0. The van der Waals surface area contributed by atoms with E-state index < -0.39 is 18.2 Å². The van der Waals surface area contributed by atoms with Gasteiger partial charge in [-0.05, 0) is 23.0 Å². The maximum absolute atomic E-state index is 12.8. The van der Waals surface area contributed by atoms with Gasteiger partial charge < -0.3 is 9.84 Å². The first-order valence-electron chi connectivity index (χ1n) is 9.12. The molecule has 0 bridgehead atoms. The van der Waals surface area contributed by atoms with Gasteiger partial charge in [0.1, 0.15) is 6.54 Å². The van der Waals surface area contributed by atoms with Gasteiger partial charge in [-0.15, -0.1) is 0 Å². The summed E-state index contributed by atoms with van der Waals surface area (Å²) < 4.78 is 5.82. The van der Waals surface area contributed by atoms with Crippen LogP contribution in [0.4, 0.5) is 4.79 Å². The lowest BCUT2D eigenvalue weighted by Crippen LogP contribution is -2.38. The average molecular weight is 367 g/mol. The largest absolute Gasteiger partial charge is 0.480 e. The lowest BCUT2D eigenvalue weighted by atomic mass is 9.92. The van der Waals surface area contributed by atoms with Crippen LogP contribution in [0.3, 0.4) is 0 Å². The topological polar surface area (TPSA) is 66.8 Å². The Bertz CT molecular complexity index is 808. The van der Waals surface area contributed by atoms with E-state index in [0.717, 1.165) is 22.3 Å². The van der Waals surface area contributed by atoms with Crippen LogP contribution < -0.4 is 0 Å². The van der Waals surface area contributed by atoms with Gasteiger partial charge in [0.15, 0.2) is 6.10 Å². The standard InChI is InChI=1S/C22H25NO4/c1-22(2,3)12-13-23(14-19(24)25)21(26)27-20-17-10-6-4-8-15(17)16-9-5-7-11-18(16)20/h4-11,20H,12-14H2,1-3H3,(H,24,25). The summed E-state index contributed by atoms with van der Waals surface area (Å²) in [7, 11) is 0. The van der Waals surface area contributed by atoms with Crippen LogP contribution in [-0.2, 0) is 9.53 Å². The van der Waals surface area contributed by atoms with Gasteiger partial charge in [0.05, 0.1) is 0 Å². The SMILES string of the molecule is CC(C)(C)CCN(CC(=O)O)C(=O)OC1c2ccccc2-c2ccccc21. The molecule has 1 amide bonds. The molecule has 1 aliphatic carbocycles. The predicted molar refractivity (Wildman–Crippen MR) is 103 cm³/mol. The van der Waals surface area contributed by atoms with Crippen molar-refractivity contribution in [2.45, 2.75) is 33.3 Å². The molecule has 0 unspecified atom stereocenters. The van der Waals surface area contributed by atoms with Crippen molar-refractivity contribution >= 4 is 12.1 Å². The van der Waals surface area contributed by atoms with Crippen LogP contribution in [0, 0.1) is 5.41 Å². The van der Waals surface area contributed by atoms with Gasteiger partial charge in [-0.25, -0.2) is 4.79 Å². The molecule has 27 heavy (non-hydrogen) atoms. The number of carboxylic acids is 1. The summed E-state index contributed by atoms with van der Waals surface area (Å²) in [5.41, 5.74) is 3.94. The fraction of sp³-hybridized carbons (Fsp3) is 0.364. The lowest BCUT2D eigenvalue weighted by Gasteiger charge is -2.27. The summed E-state index contributed by atoms with van der Waals surface area (Å²) in [6.45, 7) is 6.14. The van der Waals surface area contributed by atoms with E-state index in [-0.39, 0.29) is 12.0 Å². The third-order valence-electron chi connectivity index (χ3n) is 4.71. The number of hydrogen-bond acceptors (Lipinski definition) is 3. The number of carbonyl (C=O) groups is 2. The van der Waals surface area contributed by atoms with E-state index in [4.69, 9.17) is 4.74 Å². The number of carboxylic acid groups (broad SMARTS) is 1. The molecule has 0 saturated carbocycles. The molecule has 0 aliphatic heterocycles. The van der Waals surface area contributed by atoms with Crippen molar-refractivity contribution in [3.05, 3.63) is 59.7 Å². The highest BCUT2D eigenvalue weighted by atomic mass is 16.6.